The average Bonchev–Trinajstić information content (AvgIpc) is 3.04. The Morgan fingerprint density at radius 2 is 1.96 bits per heavy atom. The first-order valence-corrected chi connectivity index (χ1v) is 15.2. The van der Waals surface area contributed by atoms with Crippen molar-refractivity contribution in [3.05, 3.63) is 64.4 Å². The summed E-state index contributed by atoms with van der Waals surface area (Å²) >= 11 is 6.13. The number of likely N-dealkylation sites (tertiary alicyclic amines) is 1. The molecule has 0 spiro atoms. The van der Waals surface area contributed by atoms with Crippen molar-refractivity contribution in [1.29, 1.82) is 10.8 Å². The number of amidine groups is 1. The molecule has 0 atom stereocenters. The number of benzene rings is 1. The number of nitrogens with zero attached hydrogens (tertiary/aromatic N) is 3. The van der Waals surface area contributed by atoms with Gasteiger partial charge in [-0.15, -0.1) is 0 Å². The Bertz CT molecular complexity index is 1420. The van der Waals surface area contributed by atoms with Gasteiger partial charge >= 0.3 is 6.61 Å². The summed E-state index contributed by atoms with van der Waals surface area (Å²) in [5.41, 5.74) is 4.88. The molecule has 2 fully saturated rings. The number of hydrogen-bond donors (Lipinski definition) is 6. The maximum atomic E-state index is 13.4. The summed E-state index contributed by atoms with van der Waals surface area (Å²) in [7, 11) is 0. The first-order valence-electron chi connectivity index (χ1n) is 14.9. The second-order valence-electron chi connectivity index (χ2n) is 10.7. The Morgan fingerprint density at radius 1 is 1.22 bits per heavy atom. The molecule has 248 valence electrons. The van der Waals surface area contributed by atoms with Crippen molar-refractivity contribution in [3.8, 4) is 5.75 Å². The fourth-order valence-electron chi connectivity index (χ4n) is 5.17. The van der Waals surface area contributed by atoms with Crippen molar-refractivity contribution in [1.82, 2.24) is 25.8 Å². The van der Waals surface area contributed by atoms with Gasteiger partial charge in [0, 0.05) is 67.8 Å². The maximum absolute atomic E-state index is 13.4. The summed E-state index contributed by atoms with van der Waals surface area (Å²) in [4.78, 5) is 34.0. The number of carbonyl (C=O) groups is 2. The van der Waals surface area contributed by atoms with Crippen LogP contribution in [0.5, 0.6) is 5.75 Å². The first kappa shape index (κ1) is 34.5. The lowest BCUT2D eigenvalue weighted by Gasteiger charge is -2.32. The van der Waals surface area contributed by atoms with Crippen LogP contribution in [0.25, 0.3) is 0 Å². The Labute approximate surface area is 270 Å². The molecule has 46 heavy (non-hydrogen) atoms. The Kier molecular flexibility index (Phi) is 12.6. The van der Waals surface area contributed by atoms with Gasteiger partial charge < -0.3 is 41.0 Å². The van der Waals surface area contributed by atoms with Crippen molar-refractivity contribution in [3.63, 3.8) is 0 Å². The van der Waals surface area contributed by atoms with Crippen molar-refractivity contribution < 1.29 is 27.8 Å². The van der Waals surface area contributed by atoms with Crippen LogP contribution in [0, 0.1) is 10.8 Å². The summed E-state index contributed by atoms with van der Waals surface area (Å²) in [6.07, 6.45) is 8.66. The smallest absolute Gasteiger partial charge is 0.387 e. The quantitative estimate of drug-likeness (QED) is 0.106. The molecule has 2 amide bonds. The first-order chi connectivity index (χ1) is 22.1. The largest absolute Gasteiger partial charge is 0.434 e. The van der Waals surface area contributed by atoms with Crippen molar-refractivity contribution >= 4 is 41.2 Å². The molecule has 1 aromatic carbocycles. The topological polar surface area (TPSA) is 181 Å². The second kappa shape index (κ2) is 16.8. The van der Waals surface area contributed by atoms with E-state index >= 15 is 0 Å². The summed E-state index contributed by atoms with van der Waals surface area (Å²) in [6, 6.07) is 3.82. The van der Waals surface area contributed by atoms with E-state index < -0.39 is 18.4 Å². The van der Waals surface area contributed by atoms with Crippen molar-refractivity contribution in [2.45, 2.75) is 38.3 Å². The van der Waals surface area contributed by atoms with Gasteiger partial charge in [-0.2, -0.15) is 8.78 Å². The van der Waals surface area contributed by atoms with Crippen LogP contribution in [0.15, 0.2) is 58.8 Å². The van der Waals surface area contributed by atoms with Crippen LogP contribution in [-0.2, 0) is 14.3 Å². The van der Waals surface area contributed by atoms with Crippen LogP contribution in [0.2, 0.25) is 5.02 Å². The third kappa shape index (κ3) is 9.83. The standard InChI is InChI=1S/C30H38ClF2N9O4/c31-19-4-5-23(46-30(32)33)21(17-19)26(34)22(40-29(44)25(27(35)36)28-37-8-2-9-38-28)18-39-20-6-11-41(12-7-20)10-1-3-24(43)42-13-15-45-16-14-42/h2,4-5,8-9,17-18,20,30,34,37,39H,1,3,6-7,10-16H2,(H3,35,36)(H,40,44)/b22-18+,28-25-,34-26?. The molecule has 0 saturated carbocycles. The monoisotopic (exact) mass is 661 g/mol. The summed E-state index contributed by atoms with van der Waals surface area (Å²) in [5.74, 6) is -1.56. The molecule has 0 bridgehead atoms. The number of hydrogen-bond acceptors (Lipinski definition) is 10. The SMILES string of the molecule is N=C(N)/C(C(=O)N/C(=C/NC1CCN(CCCC(=O)N2CCOCC2)CC1)C(=N)c1cc(Cl)ccc1OC(F)F)=C1/N=CC=CN1. The van der Waals surface area contributed by atoms with Gasteiger partial charge in [0.25, 0.3) is 5.91 Å². The fraction of sp³-hybridized carbons (Fsp3) is 0.433. The van der Waals surface area contributed by atoms with Gasteiger partial charge in [0.1, 0.15) is 23.0 Å². The van der Waals surface area contributed by atoms with Gasteiger partial charge in [-0.05, 0) is 50.1 Å². The summed E-state index contributed by atoms with van der Waals surface area (Å²) in [5, 5.41) is 25.6. The third-order valence-corrected chi connectivity index (χ3v) is 7.80. The van der Waals surface area contributed by atoms with Crippen LogP contribution in [-0.4, -0.2) is 98.0 Å². The zero-order valence-corrected chi connectivity index (χ0v) is 25.9. The fourth-order valence-corrected chi connectivity index (χ4v) is 5.34. The molecule has 7 N–H and O–H groups in total. The number of nitrogens with one attached hydrogen (secondary N) is 5. The molecule has 3 aliphatic heterocycles. The molecular weight excluding hydrogens is 624 g/mol. The number of ether oxygens (including phenoxy) is 2. The highest BCUT2D eigenvalue weighted by atomic mass is 35.5. The number of aliphatic imine (C=N–C) groups is 1. The van der Waals surface area contributed by atoms with Gasteiger partial charge in [-0.1, -0.05) is 11.6 Å². The van der Waals surface area contributed by atoms with Gasteiger partial charge in [-0.25, -0.2) is 4.99 Å². The Hall–Kier alpha value is -4.34. The molecule has 0 aliphatic carbocycles. The summed E-state index contributed by atoms with van der Waals surface area (Å²) < 4.78 is 36.3. The second-order valence-corrected chi connectivity index (χ2v) is 11.1. The number of rotatable bonds is 13. The number of amides is 2. The average molecular weight is 662 g/mol. The molecule has 0 aromatic heterocycles. The predicted octanol–water partition coefficient (Wildman–Crippen LogP) is 2.30. The van der Waals surface area contributed by atoms with Crippen molar-refractivity contribution in [2.24, 2.45) is 10.7 Å². The van der Waals surface area contributed by atoms with E-state index in [1.807, 2.05) is 4.90 Å². The maximum Gasteiger partial charge on any atom is 0.387 e. The van der Waals surface area contributed by atoms with E-state index in [9.17, 15) is 18.4 Å². The molecule has 0 unspecified atom stereocenters. The number of halogens is 3. The lowest BCUT2D eigenvalue weighted by atomic mass is 10.0. The molecule has 2 saturated heterocycles. The van der Waals surface area contributed by atoms with Crippen LogP contribution in [0.4, 0.5) is 8.78 Å². The number of nitrogens with two attached hydrogens (primary N) is 1. The number of allylic oxidation sites excluding steroid dienone is 2. The molecule has 16 heteroatoms. The zero-order valence-electron chi connectivity index (χ0n) is 25.2. The number of piperidine rings is 1. The number of alkyl halides is 2. The lowest BCUT2D eigenvalue weighted by Crippen LogP contribution is -2.43. The normalized spacial score (nSPS) is 18.6. The van der Waals surface area contributed by atoms with E-state index in [-0.39, 0.29) is 51.1 Å². The van der Waals surface area contributed by atoms with Crippen LogP contribution in [0.3, 0.4) is 0 Å². The van der Waals surface area contributed by atoms with Crippen LogP contribution < -0.4 is 26.4 Å². The molecule has 13 nitrogen and oxygen atoms in total. The van der Waals surface area contributed by atoms with Gasteiger partial charge in [0.2, 0.25) is 5.91 Å². The van der Waals surface area contributed by atoms with E-state index in [0.717, 1.165) is 38.9 Å². The van der Waals surface area contributed by atoms with Crippen LogP contribution in [0.1, 0.15) is 31.2 Å². The highest BCUT2D eigenvalue weighted by Crippen LogP contribution is 2.27. The predicted molar refractivity (Wildman–Crippen MR) is 170 cm³/mol. The van der Waals surface area contributed by atoms with E-state index in [1.165, 1.54) is 36.8 Å². The molecule has 1 aromatic rings. The zero-order chi connectivity index (χ0) is 33.1. The molecule has 3 aliphatic rings. The molecule has 3 heterocycles. The van der Waals surface area contributed by atoms with Gasteiger partial charge in [0.15, 0.2) is 0 Å². The van der Waals surface area contributed by atoms with Gasteiger partial charge in [-0.3, -0.25) is 20.4 Å². The lowest BCUT2D eigenvalue weighted by molar-refractivity contribution is -0.135. The van der Waals surface area contributed by atoms with Crippen LogP contribution >= 0.6 is 11.6 Å². The minimum Gasteiger partial charge on any atom is -0.434 e. The minimum atomic E-state index is -3.16. The highest BCUT2D eigenvalue weighted by Gasteiger charge is 2.25. The number of carbonyl (C=O) groups excluding carboxylic acids is 2. The van der Waals surface area contributed by atoms with Crippen molar-refractivity contribution in [2.75, 3.05) is 45.9 Å². The Balaban J connectivity index is 1.45. The molecule has 4 rings (SSSR count). The molecular formula is C30H38ClF2N9O4. The summed E-state index contributed by atoms with van der Waals surface area (Å²) in [6.45, 7) is 1.60. The third-order valence-electron chi connectivity index (χ3n) is 7.56. The highest BCUT2D eigenvalue weighted by molar-refractivity contribution is 6.31. The molecule has 0 radical (unpaired) electrons. The Morgan fingerprint density at radius 3 is 2.61 bits per heavy atom. The number of morpholine rings is 1. The van der Waals surface area contributed by atoms with Gasteiger partial charge in [0.05, 0.1) is 24.6 Å². The van der Waals surface area contributed by atoms with E-state index in [2.05, 4.69) is 30.6 Å². The van der Waals surface area contributed by atoms with E-state index in [4.69, 9.17) is 32.9 Å². The minimum absolute atomic E-state index is 0.0230. The van der Waals surface area contributed by atoms with E-state index in [1.54, 1.807) is 6.08 Å². The van der Waals surface area contributed by atoms with E-state index in [0.29, 0.717) is 32.7 Å².